The monoisotopic (exact) mass is 178 g/mol. The van der Waals surface area contributed by atoms with E-state index < -0.39 is 0 Å². The lowest BCUT2D eigenvalue weighted by Crippen LogP contribution is -2.39. The normalized spacial score (nSPS) is 28.0. The molecular formula is C11H18N2. The number of hydrogen-bond donors (Lipinski definition) is 1. The third-order valence-corrected chi connectivity index (χ3v) is 2.80. The van der Waals surface area contributed by atoms with Crippen LogP contribution in [0.1, 0.15) is 32.6 Å². The first kappa shape index (κ1) is 10.3. The van der Waals surface area contributed by atoms with Gasteiger partial charge in [-0.15, -0.1) is 0 Å². The molecule has 0 aliphatic carbocycles. The third-order valence-electron chi connectivity index (χ3n) is 2.80. The fraction of sp³-hybridized carbons (Fsp3) is 0.727. The number of allylic oxidation sites excluding steroid dienone is 1. The Balaban J connectivity index is 2.59. The van der Waals surface area contributed by atoms with Crippen molar-refractivity contribution < 1.29 is 0 Å². The van der Waals surface area contributed by atoms with E-state index in [2.05, 4.69) is 24.9 Å². The summed E-state index contributed by atoms with van der Waals surface area (Å²) in [5, 5.41) is 12.4. The second-order valence-corrected chi connectivity index (χ2v) is 3.95. The summed E-state index contributed by atoms with van der Waals surface area (Å²) in [5.41, 5.74) is 1.04. The summed E-state index contributed by atoms with van der Waals surface area (Å²) in [5.74, 6) is 0. The van der Waals surface area contributed by atoms with Gasteiger partial charge in [-0.05, 0) is 32.2 Å². The number of nitrogens with zero attached hydrogens (tertiary/aromatic N) is 1. The molecule has 0 spiro atoms. The minimum absolute atomic E-state index is 0.161. The minimum atomic E-state index is -0.161. The van der Waals surface area contributed by atoms with Crippen molar-refractivity contribution in [2.24, 2.45) is 5.41 Å². The van der Waals surface area contributed by atoms with Crippen LogP contribution in [0.15, 0.2) is 12.2 Å². The average Bonchev–Trinajstić information content (AvgIpc) is 2.19. The summed E-state index contributed by atoms with van der Waals surface area (Å²) in [6.45, 7) is 7.98. The summed E-state index contributed by atoms with van der Waals surface area (Å²) in [7, 11) is 0. The second kappa shape index (κ2) is 4.43. The molecular weight excluding hydrogens is 160 g/mol. The van der Waals surface area contributed by atoms with Crippen molar-refractivity contribution >= 4 is 0 Å². The Hall–Kier alpha value is -0.810. The molecule has 1 fully saturated rings. The van der Waals surface area contributed by atoms with E-state index in [1.165, 1.54) is 5.57 Å². The molecule has 2 heteroatoms. The Morgan fingerprint density at radius 3 is 2.92 bits per heavy atom. The summed E-state index contributed by atoms with van der Waals surface area (Å²) in [4.78, 5) is 0. The van der Waals surface area contributed by atoms with Gasteiger partial charge in [-0.1, -0.05) is 19.1 Å². The van der Waals surface area contributed by atoms with Crippen LogP contribution in [0.2, 0.25) is 0 Å². The van der Waals surface area contributed by atoms with Crippen LogP contribution in [0.3, 0.4) is 0 Å². The molecule has 72 valence electrons. The standard InChI is InChI=1S/C11H18N2/c1-3-10(2)7-11(8-12)5-4-6-13-9-11/h13H,2-7,9H2,1H3. The molecule has 0 amide bonds. The van der Waals surface area contributed by atoms with Crippen molar-refractivity contribution in [2.75, 3.05) is 13.1 Å². The maximum absolute atomic E-state index is 9.15. The molecule has 1 saturated heterocycles. The highest BCUT2D eigenvalue weighted by atomic mass is 14.9. The lowest BCUT2D eigenvalue weighted by atomic mass is 9.77. The number of nitriles is 1. The number of piperidine rings is 1. The lowest BCUT2D eigenvalue weighted by Gasteiger charge is -2.31. The fourth-order valence-electron chi connectivity index (χ4n) is 1.86. The molecule has 1 aliphatic rings. The Labute approximate surface area is 80.6 Å². The SMILES string of the molecule is C=C(CC)CC1(C#N)CCCNC1. The molecule has 0 saturated carbocycles. The van der Waals surface area contributed by atoms with Gasteiger partial charge in [0.1, 0.15) is 0 Å². The molecule has 1 unspecified atom stereocenters. The maximum atomic E-state index is 9.15. The smallest absolute Gasteiger partial charge is 0.0735 e. The molecule has 1 N–H and O–H groups in total. The maximum Gasteiger partial charge on any atom is 0.0735 e. The molecule has 1 atom stereocenters. The molecule has 0 bridgehead atoms. The van der Waals surface area contributed by atoms with E-state index >= 15 is 0 Å². The Morgan fingerprint density at radius 1 is 1.69 bits per heavy atom. The number of nitrogens with one attached hydrogen (secondary N) is 1. The van der Waals surface area contributed by atoms with Crippen LogP contribution in [-0.2, 0) is 0 Å². The van der Waals surface area contributed by atoms with Gasteiger partial charge in [-0.3, -0.25) is 0 Å². The van der Waals surface area contributed by atoms with Crippen molar-refractivity contribution in [1.82, 2.24) is 5.32 Å². The molecule has 0 radical (unpaired) electrons. The van der Waals surface area contributed by atoms with Gasteiger partial charge >= 0.3 is 0 Å². The van der Waals surface area contributed by atoms with E-state index in [1.54, 1.807) is 0 Å². The zero-order valence-electron chi connectivity index (χ0n) is 8.40. The van der Waals surface area contributed by atoms with E-state index in [0.717, 1.165) is 38.8 Å². The van der Waals surface area contributed by atoms with Crippen molar-refractivity contribution in [2.45, 2.75) is 32.6 Å². The average molecular weight is 178 g/mol. The first-order valence-corrected chi connectivity index (χ1v) is 5.01. The van der Waals surface area contributed by atoms with Crippen LogP contribution in [0.25, 0.3) is 0 Å². The highest BCUT2D eigenvalue weighted by Crippen LogP contribution is 2.32. The van der Waals surface area contributed by atoms with Crippen LogP contribution in [-0.4, -0.2) is 13.1 Å². The van der Waals surface area contributed by atoms with Crippen LogP contribution < -0.4 is 5.32 Å². The van der Waals surface area contributed by atoms with Crippen molar-refractivity contribution in [1.29, 1.82) is 5.26 Å². The third kappa shape index (κ3) is 2.57. The summed E-state index contributed by atoms with van der Waals surface area (Å²) < 4.78 is 0. The van der Waals surface area contributed by atoms with Crippen LogP contribution in [0, 0.1) is 16.7 Å². The van der Waals surface area contributed by atoms with Crippen LogP contribution in [0.4, 0.5) is 0 Å². The van der Waals surface area contributed by atoms with Gasteiger partial charge in [0.05, 0.1) is 11.5 Å². The first-order valence-electron chi connectivity index (χ1n) is 5.01. The lowest BCUT2D eigenvalue weighted by molar-refractivity contribution is 0.284. The topological polar surface area (TPSA) is 35.8 Å². The molecule has 1 rings (SSSR count). The van der Waals surface area contributed by atoms with E-state index in [1.807, 2.05) is 0 Å². The number of rotatable bonds is 3. The summed E-state index contributed by atoms with van der Waals surface area (Å²) in [6.07, 6.45) is 4.00. The predicted molar refractivity (Wildman–Crippen MR) is 54.2 cm³/mol. The van der Waals surface area contributed by atoms with Gasteiger partial charge in [0.15, 0.2) is 0 Å². The second-order valence-electron chi connectivity index (χ2n) is 3.95. The van der Waals surface area contributed by atoms with Crippen LogP contribution >= 0.6 is 0 Å². The molecule has 0 aromatic heterocycles. The molecule has 13 heavy (non-hydrogen) atoms. The zero-order chi connectivity index (χ0) is 9.73. The largest absolute Gasteiger partial charge is 0.315 e. The van der Waals surface area contributed by atoms with E-state index in [0.29, 0.717) is 0 Å². The predicted octanol–water partition coefficient (Wildman–Crippen LogP) is 2.24. The fourth-order valence-corrected chi connectivity index (χ4v) is 1.86. The zero-order valence-corrected chi connectivity index (χ0v) is 8.40. The van der Waals surface area contributed by atoms with Gasteiger partial charge in [0, 0.05) is 6.54 Å². The Bertz CT molecular complexity index is 219. The van der Waals surface area contributed by atoms with Crippen molar-refractivity contribution in [3.8, 4) is 6.07 Å². The van der Waals surface area contributed by atoms with Crippen LogP contribution in [0.5, 0.6) is 0 Å². The van der Waals surface area contributed by atoms with Gasteiger partial charge in [-0.2, -0.15) is 5.26 Å². The quantitative estimate of drug-likeness (QED) is 0.673. The van der Waals surface area contributed by atoms with E-state index in [9.17, 15) is 0 Å². The molecule has 0 aromatic rings. The summed E-state index contributed by atoms with van der Waals surface area (Å²) >= 11 is 0. The Kier molecular flexibility index (Phi) is 3.50. The van der Waals surface area contributed by atoms with Crippen molar-refractivity contribution in [3.05, 3.63) is 12.2 Å². The van der Waals surface area contributed by atoms with Gasteiger partial charge < -0.3 is 5.32 Å². The minimum Gasteiger partial charge on any atom is -0.315 e. The van der Waals surface area contributed by atoms with Gasteiger partial charge in [0.25, 0.3) is 0 Å². The van der Waals surface area contributed by atoms with Gasteiger partial charge in [0.2, 0.25) is 0 Å². The van der Waals surface area contributed by atoms with Crippen molar-refractivity contribution in [3.63, 3.8) is 0 Å². The highest BCUT2D eigenvalue weighted by molar-refractivity contribution is 5.10. The highest BCUT2D eigenvalue weighted by Gasteiger charge is 2.31. The molecule has 1 heterocycles. The Morgan fingerprint density at radius 2 is 2.46 bits per heavy atom. The van der Waals surface area contributed by atoms with E-state index in [4.69, 9.17) is 5.26 Å². The van der Waals surface area contributed by atoms with Gasteiger partial charge in [-0.25, -0.2) is 0 Å². The molecule has 1 aliphatic heterocycles. The molecule has 2 nitrogen and oxygen atoms in total. The molecule has 0 aromatic carbocycles. The van der Waals surface area contributed by atoms with E-state index in [-0.39, 0.29) is 5.41 Å². The number of hydrogen-bond acceptors (Lipinski definition) is 2. The first-order chi connectivity index (χ1) is 6.22. The summed E-state index contributed by atoms with van der Waals surface area (Å²) in [6, 6.07) is 2.46.